The summed E-state index contributed by atoms with van der Waals surface area (Å²) < 4.78 is 10.2. The molecule has 0 atom stereocenters. The molecule has 0 radical (unpaired) electrons. The molecule has 4 aromatic rings. The predicted molar refractivity (Wildman–Crippen MR) is 114 cm³/mol. The second kappa shape index (κ2) is 9.93. The number of carbonyl (C=O) groups is 2. The first-order valence-corrected chi connectivity index (χ1v) is 9.18. The Hall–Kier alpha value is -4.06. The second-order valence-electron chi connectivity index (χ2n) is 6.38. The van der Waals surface area contributed by atoms with E-state index in [0.29, 0.717) is 11.5 Å². The van der Waals surface area contributed by atoms with Gasteiger partial charge in [-0.15, -0.1) is 0 Å². The number of hydrogen-bond acceptors (Lipinski definition) is 4. The van der Waals surface area contributed by atoms with Crippen LogP contribution in [0.3, 0.4) is 0 Å². The van der Waals surface area contributed by atoms with Crippen molar-refractivity contribution in [1.29, 1.82) is 0 Å². The van der Waals surface area contributed by atoms with E-state index in [1.165, 1.54) is 0 Å². The average molecular weight is 404 g/mol. The SMILES string of the molecule is O=C(O)COc1ccc2ccccc2c1.O=C(O)COc1ccc2ccccc2c1. The van der Waals surface area contributed by atoms with E-state index in [-0.39, 0.29) is 13.2 Å². The zero-order valence-electron chi connectivity index (χ0n) is 16.0. The Labute approximate surface area is 172 Å². The average Bonchev–Trinajstić information content (AvgIpc) is 2.76. The molecule has 0 aromatic heterocycles. The zero-order chi connectivity index (χ0) is 21.3. The summed E-state index contributed by atoms with van der Waals surface area (Å²) in [5, 5.41) is 21.2. The van der Waals surface area contributed by atoms with E-state index >= 15 is 0 Å². The molecule has 0 saturated heterocycles. The smallest absolute Gasteiger partial charge is 0.341 e. The summed E-state index contributed by atoms with van der Waals surface area (Å²) in [6.45, 7) is -0.614. The van der Waals surface area contributed by atoms with Crippen LogP contribution >= 0.6 is 0 Å². The van der Waals surface area contributed by atoms with Crippen LogP contribution < -0.4 is 9.47 Å². The van der Waals surface area contributed by atoms with Crippen molar-refractivity contribution in [2.75, 3.05) is 13.2 Å². The standard InChI is InChI=1S/2C12H10O3/c2*13-12(14)8-15-11-6-5-9-3-1-2-4-10(9)7-11/h2*1-7H,8H2,(H,13,14). The van der Waals surface area contributed by atoms with E-state index in [1.807, 2.05) is 72.8 Å². The molecule has 0 heterocycles. The molecule has 4 aromatic carbocycles. The maximum atomic E-state index is 10.3. The zero-order valence-corrected chi connectivity index (χ0v) is 16.0. The van der Waals surface area contributed by atoms with Gasteiger partial charge in [0, 0.05) is 0 Å². The minimum Gasteiger partial charge on any atom is -0.482 e. The molecule has 0 spiro atoms. The van der Waals surface area contributed by atoms with E-state index in [9.17, 15) is 9.59 Å². The van der Waals surface area contributed by atoms with Crippen LogP contribution in [0.1, 0.15) is 0 Å². The number of carboxylic acid groups (broad SMARTS) is 2. The van der Waals surface area contributed by atoms with Crippen LogP contribution in [0.2, 0.25) is 0 Å². The number of hydrogen-bond donors (Lipinski definition) is 2. The van der Waals surface area contributed by atoms with Gasteiger partial charge in [-0.2, -0.15) is 0 Å². The molecule has 30 heavy (non-hydrogen) atoms. The van der Waals surface area contributed by atoms with Gasteiger partial charge in [0.2, 0.25) is 0 Å². The highest BCUT2D eigenvalue weighted by Crippen LogP contribution is 2.21. The van der Waals surface area contributed by atoms with Gasteiger partial charge in [0.25, 0.3) is 0 Å². The number of rotatable bonds is 6. The van der Waals surface area contributed by atoms with Crippen molar-refractivity contribution in [3.05, 3.63) is 84.9 Å². The molecule has 0 saturated carbocycles. The molecule has 0 amide bonds. The molecule has 0 aliphatic carbocycles. The van der Waals surface area contributed by atoms with Crippen molar-refractivity contribution in [2.45, 2.75) is 0 Å². The van der Waals surface area contributed by atoms with Gasteiger partial charge >= 0.3 is 11.9 Å². The summed E-state index contributed by atoms with van der Waals surface area (Å²) in [5.41, 5.74) is 0. The van der Waals surface area contributed by atoms with Crippen LogP contribution in [0.4, 0.5) is 0 Å². The van der Waals surface area contributed by atoms with Crippen molar-refractivity contribution < 1.29 is 29.3 Å². The largest absolute Gasteiger partial charge is 0.482 e. The lowest BCUT2D eigenvalue weighted by Gasteiger charge is -2.04. The second-order valence-corrected chi connectivity index (χ2v) is 6.38. The minimum atomic E-state index is -0.969. The van der Waals surface area contributed by atoms with Crippen molar-refractivity contribution in [2.24, 2.45) is 0 Å². The van der Waals surface area contributed by atoms with Crippen molar-refractivity contribution in [3.63, 3.8) is 0 Å². The van der Waals surface area contributed by atoms with Gasteiger partial charge in [-0.3, -0.25) is 0 Å². The third kappa shape index (κ3) is 5.97. The minimum absolute atomic E-state index is 0.307. The summed E-state index contributed by atoms with van der Waals surface area (Å²) in [6.07, 6.45) is 0. The maximum absolute atomic E-state index is 10.3. The fraction of sp³-hybridized carbons (Fsp3) is 0.0833. The predicted octanol–water partition coefficient (Wildman–Crippen LogP) is 4.61. The highest BCUT2D eigenvalue weighted by Gasteiger charge is 2.01. The molecule has 0 unspecified atom stereocenters. The third-order valence-electron chi connectivity index (χ3n) is 4.17. The number of fused-ring (bicyclic) bond motifs is 2. The van der Waals surface area contributed by atoms with Crippen molar-refractivity contribution in [3.8, 4) is 11.5 Å². The van der Waals surface area contributed by atoms with Crippen LogP contribution in [0, 0.1) is 0 Å². The number of ether oxygens (including phenoxy) is 2. The third-order valence-corrected chi connectivity index (χ3v) is 4.17. The topological polar surface area (TPSA) is 93.1 Å². The van der Waals surface area contributed by atoms with Gasteiger partial charge in [0.05, 0.1) is 0 Å². The van der Waals surface area contributed by atoms with Gasteiger partial charge in [-0.25, -0.2) is 9.59 Å². The lowest BCUT2D eigenvalue weighted by molar-refractivity contribution is -0.140. The van der Waals surface area contributed by atoms with Crippen molar-refractivity contribution >= 4 is 33.5 Å². The number of benzene rings is 4. The van der Waals surface area contributed by atoms with Gasteiger partial charge < -0.3 is 19.7 Å². The van der Waals surface area contributed by atoms with Crippen LogP contribution in [0.25, 0.3) is 21.5 Å². The van der Waals surface area contributed by atoms with Crippen LogP contribution in [-0.4, -0.2) is 35.4 Å². The molecule has 0 aliphatic rings. The van der Waals surface area contributed by atoms with Crippen molar-refractivity contribution in [1.82, 2.24) is 0 Å². The highest BCUT2D eigenvalue weighted by atomic mass is 16.5. The Kier molecular flexibility index (Phi) is 6.84. The molecule has 0 fully saturated rings. The lowest BCUT2D eigenvalue weighted by Crippen LogP contribution is -2.09. The molecule has 4 rings (SSSR count). The van der Waals surface area contributed by atoms with E-state index in [0.717, 1.165) is 21.5 Å². The summed E-state index contributed by atoms with van der Waals surface area (Å²) in [5.74, 6) is -0.779. The molecule has 0 aliphatic heterocycles. The Morgan fingerprint density at radius 3 is 1.30 bits per heavy atom. The monoisotopic (exact) mass is 404 g/mol. The molecular formula is C24H20O6. The molecular weight excluding hydrogens is 384 g/mol. The fourth-order valence-corrected chi connectivity index (χ4v) is 2.80. The molecule has 0 bridgehead atoms. The lowest BCUT2D eigenvalue weighted by atomic mass is 10.1. The fourth-order valence-electron chi connectivity index (χ4n) is 2.80. The van der Waals surface area contributed by atoms with Gasteiger partial charge in [-0.05, 0) is 45.8 Å². The number of aliphatic carboxylic acids is 2. The quantitative estimate of drug-likeness (QED) is 0.488. The normalized spacial score (nSPS) is 10.1. The molecule has 6 nitrogen and oxygen atoms in total. The maximum Gasteiger partial charge on any atom is 0.341 e. The van der Waals surface area contributed by atoms with E-state index in [4.69, 9.17) is 19.7 Å². The summed E-state index contributed by atoms with van der Waals surface area (Å²) in [6, 6.07) is 26.7. The Morgan fingerprint density at radius 1 is 0.567 bits per heavy atom. The van der Waals surface area contributed by atoms with Crippen LogP contribution in [0.15, 0.2) is 84.9 Å². The highest BCUT2D eigenvalue weighted by molar-refractivity contribution is 5.84. The summed E-state index contributed by atoms with van der Waals surface area (Å²) >= 11 is 0. The van der Waals surface area contributed by atoms with Crippen LogP contribution in [0.5, 0.6) is 11.5 Å². The Bertz CT molecular complexity index is 1080. The summed E-state index contributed by atoms with van der Waals surface area (Å²) in [4.78, 5) is 20.6. The first-order chi connectivity index (χ1) is 14.5. The molecule has 152 valence electrons. The Balaban J connectivity index is 0.000000171. The van der Waals surface area contributed by atoms with E-state index in [2.05, 4.69) is 0 Å². The summed E-state index contributed by atoms with van der Waals surface area (Å²) in [7, 11) is 0. The first kappa shape index (κ1) is 20.7. The van der Waals surface area contributed by atoms with Crippen LogP contribution in [-0.2, 0) is 9.59 Å². The molecule has 6 heteroatoms. The van der Waals surface area contributed by atoms with Gasteiger partial charge in [-0.1, -0.05) is 60.7 Å². The number of carboxylic acids is 2. The first-order valence-electron chi connectivity index (χ1n) is 9.18. The van der Waals surface area contributed by atoms with Gasteiger partial charge in [0.15, 0.2) is 13.2 Å². The van der Waals surface area contributed by atoms with E-state index in [1.54, 1.807) is 12.1 Å². The van der Waals surface area contributed by atoms with Gasteiger partial charge in [0.1, 0.15) is 11.5 Å². The molecule has 2 N–H and O–H groups in total. The van der Waals surface area contributed by atoms with E-state index < -0.39 is 11.9 Å². The Morgan fingerprint density at radius 2 is 0.933 bits per heavy atom.